The van der Waals surface area contributed by atoms with Crippen LogP contribution in [0.1, 0.15) is 35.3 Å². The zero-order valence-corrected chi connectivity index (χ0v) is 15.5. The molecule has 0 amide bonds. The Morgan fingerprint density at radius 2 is 1.68 bits per heavy atom. The minimum atomic E-state index is -3.64. The molecule has 0 radical (unpaired) electrons. The molecule has 25 heavy (non-hydrogen) atoms. The summed E-state index contributed by atoms with van der Waals surface area (Å²) in [5.74, 6) is -0.460. The van der Waals surface area contributed by atoms with Gasteiger partial charge in [0.1, 0.15) is 0 Å². The summed E-state index contributed by atoms with van der Waals surface area (Å²) in [4.78, 5) is 11.9. The Morgan fingerprint density at radius 3 is 2.24 bits per heavy atom. The van der Waals surface area contributed by atoms with Gasteiger partial charge in [-0.25, -0.2) is 13.2 Å². The lowest BCUT2D eigenvalue weighted by Crippen LogP contribution is -2.30. The molecule has 0 unspecified atom stereocenters. The molecule has 134 valence electrons. The Bertz CT molecular complexity index is 829. The molecule has 0 atom stereocenters. The molecule has 0 aliphatic heterocycles. The lowest BCUT2D eigenvalue weighted by molar-refractivity contribution is 0.0526. The molecule has 0 N–H and O–H groups in total. The van der Waals surface area contributed by atoms with Crippen molar-refractivity contribution < 1.29 is 17.9 Å². The Kier molecular flexibility index (Phi) is 6.33. The van der Waals surface area contributed by atoms with Crippen LogP contribution in [0.4, 0.5) is 0 Å². The van der Waals surface area contributed by atoms with Crippen LogP contribution in [0.3, 0.4) is 0 Å². The SMILES string of the molecule is CCOC(=O)c1ccc(S(=O)(=O)N(CC)Cc2ccccc2C)cc1. The molecular formula is C19H23NO4S. The van der Waals surface area contributed by atoms with E-state index in [1.807, 2.05) is 38.1 Å². The Labute approximate surface area is 149 Å². The first-order valence-electron chi connectivity index (χ1n) is 8.22. The van der Waals surface area contributed by atoms with Crippen molar-refractivity contribution in [3.63, 3.8) is 0 Å². The monoisotopic (exact) mass is 361 g/mol. The molecule has 2 aromatic carbocycles. The maximum atomic E-state index is 12.9. The van der Waals surface area contributed by atoms with E-state index in [0.717, 1.165) is 11.1 Å². The number of hydrogen-bond donors (Lipinski definition) is 0. The summed E-state index contributed by atoms with van der Waals surface area (Å²) < 4.78 is 32.1. The summed E-state index contributed by atoms with van der Waals surface area (Å²) in [5, 5.41) is 0. The molecule has 6 heteroatoms. The molecule has 0 aliphatic carbocycles. The maximum Gasteiger partial charge on any atom is 0.338 e. The van der Waals surface area contributed by atoms with Gasteiger partial charge in [-0.2, -0.15) is 4.31 Å². The lowest BCUT2D eigenvalue weighted by atomic mass is 10.1. The molecule has 0 fully saturated rings. The number of carbonyl (C=O) groups is 1. The van der Waals surface area contributed by atoms with Crippen LogP contribution in [-0.4, -0.2) is 31.8 Å². The fourth-order valence-corrected chi connectivity index (χ4v) is 3.90. The van der Waals surface area contributed by atoms with Crippen molar-refractivity contribution in [3.8, 4) is 0 Å². The Hall–Kier alpha value is -2.18. The van der Waals surface area contributed by atoms with Crippen molar-refractivity contribution in [2.24, 2.45) is 0 Å². The highest BCUT2D eigenvalue weighted by Crippen LogP contribution is 2.20. The zero-order chi connectivity index (χ0) is 18.4. The predicted octanol–water partition coefficient (Wildman–Crippen LogP) is 3.38. The van der Waals surface area contributed by atoms with Crippen LogP contribution in [0.5, 0.6) is 0 Å². The van der Waals surface area contributed by atoms with E-state index in [2.05, 4.69) is 0 Å². The Balaban J connectivity index is 2.26. The molecule has 0 saturated carbocycles. The molecule has 0 heterocycles. The number of sulfonamides is 1. The van der Waals surface area contributed by atoms with Gasteiger partial charge < -0.3 is 4.74 Å². The molecule has 0 bridgehead atoms. The van der Waals surface area contributed by atoms with E-state index in [4.69, 9.17) is 4.74 Å². The van der Waals surface area contributed by atoms with Crippen LogP contribution >= 0.6 is 0 Å². The van der Waals surface area contributed by atoms with Gasteiger partial charge in [-0.3, -0.25) is 0 Å². The largest absolute Gasteiger partial charge is 0.462 e. The molecule has 2 aromatic rings. The highest BCUT2D eigenvalue weighted by Gasteiger charge is 2.24. The van der Waals surface area contributed by atoms with Crippen molar-refractivity contribution >= 4 is 16.0 Å². The van der Waals surface area contributed by atoms with E-state index < -0.39 is 16.0 Å². The van der Waals surface area contributed by atoms with E-state index >= 15 is 0 Å². The van der Waals surface area contributed by atoms with Gasteiger partial charge in [0.2, 0.25) is 10.0 Å². The van der Waals surface area contributed by atoms with Crippen LogP contribution in [-0.2, 0) is 21.3 Å². The Morgan fingerprint density at radius 1 is 1.04 bits per heavy atom. The standard InChI is InChI=1S/C19H23NO4S/c1-4-20(14-17-9-7-6-8-15(17)3)25(22,23)18-12-10-16(11-13-18)19(21)24-5-2/h6-13H,4-5,14H2,1-3H3. The molecular weight excluding hydrogens is 338 g/mol. The van der Waals surface area contributed by atoms with Gasteiger partial charge in [0, 0.05) is 13.1 Å². The predicted molar refractivity (Wildman–Crippen MR) is 96.8 cm³/mol. The van der Waals surface area contributed by atoms with Crippen LogP contribution in [0.15, 0.2) is 53.4 Å². The first-order valence-corrected chi connectivity index (χ1v) is 9.66. The summed E-state index contributed by atoms with van der Waals surface area (Å²) in [6.07, 6.45) is 0. The number of hydrogen-bond acceptors (Lipinski definition) is 4. The third-order valence-corrected chi connectivity index (χ3v) is 5.90. The van der Waals surface area contributed by atoms with Gasteiger partial charge in [-0.1, -0.05) is 31.2 Å². The smallest absolute Gasteiger partial charge is 0.338 e. The fourth-order valence-electron chi connectivity index (χ4n) is 2.47. The van der Waals surface area contributed by atoms with Crippen molar-refractivity contribution in [2.75, 3.05) is 13.2 Å². The van der Waals surface area contributed by atoms with Crippen molar-refractivity contribution in [1.82, 2.24) is 4.31 Å². The summed E-state index contributed by atoms with van der Waals surface area (Å²) in [6.45, 7) is 6.44. The normalized spacial score (nSPS) is 11.5. The summed E-state index contributed by atoms with van der Waals surface area (Å²) in [5.41, 5.74) is 2.35. The quantitative estimate of drug-likeness (QED) is 0.709. The summed E-state index contributed by atoms with van der Waals surface area (Å²) in [7, 11) is -3.64. The second-order valence-corrected chi connectivity index (χ2v) is 7.54. The first kappa shape index (κ1) is 19.1. The van der Waals surface area contributed by atoms with E-state index in [9.17, 15) is 13.2 Å². The van der Waals surface area contributed by atoms with Gasteiger partial charge in [0.25, 0.3) is 0 Å². The minimum Gasteiger partial charge on any atom is -0.462 e. The number of rotatable bonds is 7. The van der Waals surface area contributed by atoms with E-state index in [1.54, 1.807) is 6.92 Å². The van der Waals surface area contributed by atoms with Crippen molar-refractivity contribution in [3.05, 3.63) is 65.2 Å². The van der Waals surface area contributed by atoms with Crippen LogP contribution in [0, 0.1) is 6.92 Å². The number of benzene rings is 2. The third-order valence-electron chi connectivity index (χ3n) is 3.96. The number of carbonyl (C=O) groups excluding carboxylic acids is 1. The molecule has 0 spiro atoms. The fraction of sp³-hybridized carbons (Fsp3) is 0.316. The molecule has 0 saturated heterocycles. The van der Waals surface area contributed by atoms with Crippen LogP contribution in [0.25, 0.3) is 0 Å². The van der Waals surface area contributed by atoms with E-state index in [0.29, 0.717) is 18.7 Å². The summed E-state index contributed by atoms with van der Waals surface area (Å²) >= 11 is 0. The molecule has 2 rings (SSSR count). The number of esters is 1. The van der Waals surface area contributed by atoms with Gasteiger partial charge in [0.15, 0.2) is 0 Å². The van der Waals surface area contributed by atoms with Gasteiger partial charge in [0.05, 0.1) is 17.1 Å². The summed E-state index contributed by atoms with van der Waals surface area (Å²) in [6, 6.07) is 13.6. The average Bonchev–Trinajstić information content (AvgIpc) is 2.61. The average molecular weight is 361 g/mol. The molecule has 0 aromatic heterocycles. The number of nitrogens with zero attached hydrogens (tertiary/aromatic N) is 1. The van der Waals surface area contributed by atoms with Crippen molar-refractivity contribution in [1.29, 1.82) is 0 Å². The highest BCUT2D eigenvalue weighted by atomic mass is 32.2. The van der Waals surface area contributed by atoms with E-state index in [-0.39, 0.29) is 11.5 Å². The number of ether oxygens (including phenoxy) is 1. The maximum absolute atomic E-state index is 12.9. The minimum absolute atomic E-state index is 0.163. The number of aryl methyl sites for hydroxylation is 1. The molecule has 5 nitrogen and oxygen atoms in total. The topological polar surface area (TPSA) is 63.7 Å². The van der Waals surface area contributed by atoms with Gasteiger partial charge >= 0.3 is 5.97 Å². The second kappa shape index (κ2) is 8.27. The second-order valence-electron chi connectivity index (χ2n) is 5.60. The zero-order valence-electron chi connectivity index (χ0n) is 14.7. The lowest BCUT2D eigenvalue weighted by Gasteiger charge is -2.21. The third kappa shape index (κ3) is 4.46. The van der Waals surface area contributed by atoms with E-state index in [1.165, 1.54) is 28.6 Å². The van der Waals surface area contributed by atoms with Gasteiger partial charge in [-0.15, -0.1) is 0 Å². The van der Waals surface area contributed by atoms with Crippen molar-refractivity contribution in [2.45, 2.75) is 32.2 Å². The van der Waals surface area contributed by atoms with Crippen LogP contribution < -0.4 is 0 Å². The highest BCUT2D eigenvalue weighted by molar-refractivity contribution is 7.89. The first-order chi connectivity index (χ1) is 11.9. The van der Waals surface area contributed by atoms with Crippen LogP contribution in [0.2, 0.25) is 0 Å². The van der Waals surface area contributed by atoms with Gasteiger partial charge in [-0.05, 0) is 49.2 Å². The molecule has 0 aliphatic rings.